The number of hydrogen-bond acceptors (Lipinski definition) is 6. The number of nitrogens with one attached hydrogen (secondary N) is 2. The molecular formula is C24H23FN4O3. The third-order valence-corrected chi connectivity index (χ3v) is 5.32. The van der Waals surface area contributed by atoms with E-state index in [1.165, 1.54) is 12.1 Å². The van der Waals surface area contributed by atoms with Gasteiger partial charge in [0.15, 0.2) is 6.17 Å². The van der Waals surface area contributed by atoms with E-state index in [2.05, 4.69) is 15.7 Å². The van der Waals surface area contributed by atoms with Crippen molar-refractivity contribution in [3.63, 3.8) is 0 Å². The van der Waals surface area contributed by atoms with Gasteiger partial charge in [-0.25, -0.2) is 9.38 Å². The van der Waals surface area contributed by atoms with E-state index < -0.39 is 0 Å². The molecule has 0 bridgehead atoms. The van der Waals surface area contributed by atoms with Crippen LogP contribution < -0.4 is 20.2 Å². The normalized spacial score (nSPS) is 18.9. The number of amides is 1. The fourth-order valence-corrected chi connectivity index (χ4v) is 3.49. The van der Waals surface area contributed by atoms with E-state index >= 15 is 0 Å². The van der Waals surface area contributed by atoms with Gasteiger partial charge < -0.3 is 9.47 Å². The van der Waals surface area contributed by atoms with Gasteiger partial charge in [0.05, 0.1) is 5.70 Å². The van der Waals surface area contributed by atoms with Crippen LogP contribution in [0.2, 0.25) is 0 Å². The summed E-state index contributed by atoms with van der Waals surface area (Å²) in [7, 11) is 0. The average molecular weight is 434 g/mol. The van der Waals surface area contributed by atoms with Crippen LogP contribution in [-0.4, -0.2) is 36.3 Å². The molecule has 2 N–H and O–H groups in total. The molecule has 8 heteroatoms. The van der Waals surface area contributed by atoms with Gasteiger partial charge >= 0.3 is 0 Å². The fraction of sp³-hybridized carbons (Fsp3) is 0.250. The Morgan fingerprint density at radius 2 is 1.72 bits per heavy atom. The summed E-state index contributed by atoms with van der Waals surface area (Å²) < 4.78 is 24.2. The lowest BCUT2D eigenvalue weighted by molar-refractivity contribution is -0.120. The maximum atomic E-state index is 12.9. The topological polar surface area (TPSA) is 75.2 Å². The number of hydrazine groups is 1. The first kappa shape index (κ1) is 20.1. The molecule has 5 rings (SSSR count). The van der Waals surface area contributed by atoms with Crippen molar-refractivity contribution in [2.75, 3.05) is 13.2 Å². The Kier molecular flexibility index (Phi) is 5.49. The molecule has 3 aliphatic rings. The number of hydrogen-bond donors (Lipinski definition) is 2. The van der Waals surface area contributed by atoms with Crippen LogP contribution in [0.5, 0.6) is 11.5 Å². The standard InChI is InChI=1S/C24H23FN4O3/c25-18-8-12-20(13-9-18)32-15-14-31-19-10-6-16(7-11-19)21-2-1-3-22-26-24(28-29(21)22)27-23(30)17-4-5-17/h1-3,6-13,17,22H,4-5,14-15H2,(H2,26,27,28,30). The summed E-state index contributed by atoms with van der Waals surface area (Å²) in [5.41, 5.74) is 5.13. The van der Waals surface area contributed by atoms with E-state index in [1.807, 2.05) is 47.5 Å². The summed E-state index contributed by atoms with van der Waals surface area (Å²) in [5.74, 6) is 1.66. The summed E-state index contributed by atoms with van der Waals surface area (Å²) in [6.45, 7) is 0.727. The van der Waals surface area contributed by atoms with Gasteiger partial charge in [-0.15, -0.1) is 0 Å². The zero-order chi connectivity index (χ0) is 21.9. The van der Waals surface area contributed by atoms with Gasteiger partial charge in [0, 0.05) is 11.5 Å². The number of fused-ring (bicyclic) bond motifs is 1. The zero-order valence-electron chi connectivity index (χ0n) is 17.3. The van der Waals surface area contributed by atoms with Crippen molar-refractivity contribution in [2.45, 2.75) is 19.0 Å². The maximum absolute atomic E-state index is 12.9. The number of nitrogens with zero attached hydrogens (tertiary/aromatic N) is 2. The Morgan fingerprint density at radius 3 is 2.38 bits per heavy atom. The first-order chi connectivity index (χ1) is 15.7. The van der Waals surface area contributed by atoms with Crippen molar-refractivity contribution < 1.29 is 18.7 Å². The highest BCUT2D eigenvalue weighted by molar-refractivity contribution is 5.99. The molecule has 0 spiro atoms. The highest BCUT2D eigenvalue weighted by atomic mass is 19.1. The average Bonchev–Trinajstić information content (AvgIpc) is 3.58. The smallest absolute Gasteiger partial charge is 0.229 e. The Bertz CT molecular complexity index is 1080. The summed E-state index contributed by atoms with van der Waals surface area (Å²) in [6.07, 6.45) is 7.62. The van der Waals surface area contributed by atoms with Gasteiger partial charge in [-0.3, -0.25) is 20.5 Å². The number of benzene rings is 2. The van der Waals surface area contributed by atoms with E-state index in [-0.39, 0.29) is 23.8 Å². The van der Waals surface area contributed by atoms with Crippen molar-refractivity contribution in [2.24, 2.45) is 10.9 Å². The van der Waals surface area contributed by atoms with E-state index in [1.54, 1.807) is 12.1 Å². The molecule has 2 aromatic carbocycles. The Morgan fingerprint density at radius 1 is 1.06 bits per heavy atom. The van der Waals surface area contributed by atoms with E-state index in [0.29, 0.717) is 24.9 Å². The van der Waals surface area contributed by atoms with Gasteiger partial charge in [-0.05, 0) is 73.5 Å². The number of halogens is 1. The number of aliphatic imine (C=N–C) groups is 1. The lowest BCUT2D eigenvalue weighted by Gasteiger charge is -2.28. The number of guanidine groups is 1. The second-order valence-electron chi connectivity index (χ2n) is 7.75. The molecular weight excluding hydrogens is 411 g/mol. The second kappa shape index (κ2) is 8.74. The molecule has 164 valence electrons. The zero-order valence-corrected chi connectivity index (χ0v) is 17.3. The first-order valence-electron chi connectivity index (χ1n) is 10.6. The molecule has 0 aromatic heterocycles. The SMILES string of the molecule is O=C(NC1=NC2C=CC=C(c3ccc(OCCOc4ccc(F)cc4)cc3)N2N1)C1CC1. The molecule has 2 aromatic rings. The predicted octanol–water partition coefficient (Wildman–Crippen LogP) is 3.22. The third-order valence-electron chi connectivity index (χ3n) is 5.32. The molecule has 1 fully saturated rings. The van der Waals surface area contributed by atoms with Crippen molar-refractivity contribution >= 4 is 17.6 Å². The van der Waals surface area contributed by atoms with Crippen LogP contribution in [0.15, 0.2) is 71.8 Å². The quantitative estimate of drug-likeness (QED) is 0.655. The minimum atomic E-state index is -0.293. The van der Waals surface area contributed by atoms with Crippen LogP contribution >= 0.6 is 0 Å². The van der Waals surface area contributed by atoms with Gasteiger partial charge in [0.1, 0.15) is 30.5 Å². The summed E-state index contributed by atoms with van der Waals surface area (Å²) in [6, 6.07) is 13.6. The van der Waals surface area contributed by atoms with Crippen molar-refractivity contribution in [1.82, 2.24) is 15.8 Å². The molecule has 1 unspecified atom stereocenters. The molecule has 1 atom stereocenters. The van der Waals surface area contributed by atoms with Crippen LogP contribution in [0, 0.1) is 11.7 Å². The minimum absolute atomic E-state index is 0.0236. The van der Waals surface area contributed by atoms with Crippen molar-refractivity contribution in [1.29, 1.82) is 0 Å². The number of allylic oxidation sites excluding steroid dienone is 2. The number of carbonyl (C=O) groups is 1. The highest BCUT2D eigenvalue weighted by Gasteiger charge is 2.34. The molecule has 2 aliphatic heterocycles. The molecule has 0 radical (unpaired) electrons. The van der Waals surface area contributed by atoms with Gasteiger partial charge in [-0.1, -0.05) is 6.08 Å². The van der Waals surface area contributed by atoms with Crippen molar-refractivity contribution in [3.8, 4) is 11.5 Å². The Balaban J connectivity index is 1.14. The lowest BCUT2D eigenvalue weighted by Crippen LogP contribution is -2.46. The van der Waals surface area contributed by atoms with E-state index in [0.717, 1.165) is 29.9 Å². The number of ether oxygens (including phenoxy) is 2. The second-order valence-corrected chi connectivity index (χ2v) is 7.75. The third kappa shape index (κ3) is 4.59. The molecule has 1 saturated carbocycles. The molecule has 0 saturated heterocycles. The number of carbonyl (C=O) groups excluding carboxylic acids is 1. The molecule has 7 nitrogen and oxygen atoms in total. The largest absolute Gasteiger partial charge is 0.490 e. The van der Waals surface area contributed by atoms with Crippen molar-refractivity contribution in [3.05, 3.63) is 78.1 Å². The van der Waals surface area contributed by atoms with Crippen LogP contribution in [0.1, 0.15) is 18.4 Å². The maximum Gasteiger partial charge on any atom is 0.229 e. The predicted molar refractivity (Wildman–Crippen MR) is 118 cm³/mol. The minimum Gasteiger partial charge on any atom is -0.490 e. The fourth-order valence-electron chi connectivity index (χ4n) is 3.49. The van der Waals surface area contributed by atoms with Crippen LogP contribution in [0.3, 0.4) is 0 Å². The Hall–Kier alpha value is -3.81. The highest BCUT2D eigenvalue weighted by Crippen LogP contribution is 2.30. The van der Waals surface area contributed by atoms with E-state index in [4.69, 9.17) is 9.47 Å². The van der Waals surface area contributed by atoms with E-state index in [9.17, 15) is 9.18 Å². The summed E-state index contributed by atoms with van der Waals surface area (Å²) in [5, 5.41) is 4.79. The first-order valence-corrected chi connectivity index (χ1v) is 10.6. The molecule has 1 aliphatic carbocycles. The lowest BCUT2D eigenvalue weighted by atomic mass is 10.1. The summed E-state index contributed by atoms with van der Waals surface area (Å²) in [4.78, 5) is 16.6. The van der Waals surface area contributed by atoms with Gasteiger partial charge in [0.25, 0.3) is 0 Å². The van der Waals surface area contributed by atoms with Crippen LogP contribution in [0.4, 0.5) is 4.39 Å². The van der Waals surface area contributed by atoms with Crippen LogP contribution in [-0.2, 0) is 4.79 Å². The molecule has 2 heterocycles. The number of rotatable bonds is 7. The van der Waals surface area contributed by atoms with Crippen LogP contribution in [0.25, 0.3) is 5.70 Å². The monoisotopic (exact) mass is 434 g/mol. The van der Waals surface area contributed by atoms with Gasteiger partial charge in [0.2, 0.25) is 11.9 Å². The van der Waals surface area contributed by atoms with Gasteiger partial charge in [-0.2, -0.15) is 0 Å². The summed E-state index contributed by atoms with van der Waals surface area (Å²) >= 11 is 0. The Labute approximate surface area is 185 Å². The molecule has 32 heavy (non-hydrogen) atoms. The molecule has 1 amide bonds.